The molecular weight excluding hydrogens is 370 g/mol. The van der Waals surface area contributed by atoms with E-state index in [4.69, 9.17) is 16.3 Å². The predicted molar refractivity (Wildman–Crippen MR) is 95.8 cm³/mol. The minimum Gasteiger partial charge on any atom is -0.434 e. The lowest BCUT2D eigenvalue weighted by Gasteiger charge is -2.13. The molecule has 0 radical (unpaired) electrons. The topological polar surface area (TPSA) is 84.0 Å². The summed E-state index contributed by atoms with van der Waals surface area (Å²) >= 11 is 5.91. The molecule has 0 unspecified atom stereocenters. The van der Waals surface area contributed by atoms with E-state index in [1.165, 1.54) is 18.2 Å². The number of hydrogen-bond acceptors (Lipinski definition) is 4. The number of nitrogens with one attached hydrogen (secondary N) is 3. The Hall–Kier alpha value is -2.13. The van der Waals surface area contributed by atoms with Crippen molar-refractivity contribution in [1.29, 1.82) is 0 Å². The van der Waals surface area contributed by atoms with Gasteiger partial charge in [-0.2, -0.15) is 8.78 Å². The van der Waals surface area contributed by atoms with Crippen molar-refractivity contribution in [1.82, 2.24) is 16.0 Å². The Balaban J connectivity index is 2.71. The number of carbonyl (C=O) groups is 1. The van der Waals surface area contributed by atoms with Gasteiger partial charge in [-0.05, 0) is 25.1 Å². The standard InChI is InChI=1S/C16H23ClF2N4O3/c1-3-20-16(23-10-14(24)21-6-7-25-2)22-9-11-8-12(17)4-5-13(11)26-15(18)19/h4-5,8,15H,3,6-7,9-10H2,1-2H3,(H,21,24)(H2,20,22,23). The lowest BCUT2D eigenvalue weighted by molar-refractivity contribution is -0.120. The zero-order valence-corrected chi connectivity index (χ0v) is 15.4. The maximum atomic E-state index is 12.5. The number of rotatable bonds is 10. The summed E-state index contributed by atoms with van der Waals surface area (Å²) in [6, 6.07) is 4.33. The third-order valence-electron chi connectivity index (χ3n) is 3.04. The van der Waals surface area contributed by atoms with Crippen LogP contribution in [0.25, 0.3) is 0 Å². The van der Waals surface area contributed by atoms with Crippen molar-refractivity contribution in [2.75, 3.05) is 33.4 Å². The van der Waals surface area contributed by atoms with Gasteiger partial charge in [0.2, 0.25) is 5.91 Å². The SMILES string of the molecule is CCNC(=NCc1cc(Cl)ccc1OC(F)F)NCC(=O)NCCOC. The fraction of sp³-hybridized carbons (Fsp3) is 0.500. The van der Waals surface area contributed by atoms with Gasteiger partial charge in [0, 0.05) is 30.8 Å². The molecule has 0 bridgehead atoms. The van der Waals surface area contributed by atoms with Crippen molar-refractivity contribution in [2.45, 2.75) is 20.1 Å². The summed E-state index contributed by atoms with van der Waals surface area (Å²) in [7, 11) is 1.54. The molecule has 0 saturated carbocycles. The zero-order chi connectivity index (χ0) is 19.4. The van der Waals surface area contributed by atoms with Gasteiger partial charge in [-0.25, -0.2) is 4.99 Å². The molecule has 0 aliphatic carbocycles. The summed E-state index contributed by atoms with van der Waals surface area (Å²) in [5.41, 5.74) is 0.402. The minimum absolute atomic E-state index is 0.00121. The van der Waals surface area contributed by atoms with Gasteiger partial charge in [0.05, 0.1) is 19.7 Å². The number of ether oxygens (including phenoxy) is 2. The van der Waals surface area contributed by atoms with Crippen molar-refractivity contribution in [3.8, 4) is 5.75 Å². The highest BCUT2D eigenvalue weighted by atomic mass is 35.5. The molecule has 0 fully saturated rings. The van der Waals surface area contributed by atoms with E-state index in [0.29, 0.717) is 36.2 Å². The molecule has 0 saturated heterocycles. The fourth-order valence-electron chi connectivity index (χ4n) is 1.91. The summed E-state index contributed by atoms with van der Waals surface area (Å²) in [6.45, 7) is 0.354. The molecule has 7 nitrogen and oxygen atoms in total. The van der Waals surface area contributed by atoms with Crippen LogP contribution in [-0.2, 0) is 16.1 Å². The average Bonchev–Trinajstić information content (AvgIpc) is 2.59. The number of aliphatic imine (C=N–C) groups is 1. The van der Waals surface area contributed by atoms with Crippen molar-refractivity contribution < 1.29 is 23.0 Å². The van der Waals surface area contributed by atoms with Gasteiger partial charge in [-0.15, -0.1) is 0 Å². The first-order valence-corrected chi connectivity index (χ1v) is 8.35. The smallest absolute Gasteiger partial charge is 0.387 e. The number of nitrogens with zero attached hydrogens (tertiary/aromatic N) is 1. The highest BCUT2D eigenvalue weighted by Crippen LogP contribution is 2.25. The summed E-state index contributed by atoms with van der Waals surface area (Å²) in [6.07, 6.45) is 0. The molecule has 0 spiro atoms. The van der Waals surface area contributed by atoms with Crippen LogP contribution in [-0.4, -0.2) is 51.8 Å². The second-order valence-corrected chi connectivity index (χ2v) is 5.46. The van der Waals surface area contributed by atoms with Crippen molar-refractivity contribution in [3.05, 3.63) is 28.8 Å². The molecule has 26 heavy (non-hydrogen) atoms. The fourth-order valence-corrected chi connectivity index (χ4v) is 2.10. The number of carbonyl (C=O) groups excluding carboxylic acids is 1. The second kappa shape index (κ2) is 12.3. The van der Waals surface area contributed by atoms with Crippen LogP contribution in [0.4, 0.5) is 8.78 Å². The molecule has 0 aromatic heterocycles. The molecule has 0 atom stereocenters. The molecule has 3 N–H and O–H groups in total. The van der Waals surface area contributed by atoms with Gasteiger partial charge >= 0.3 is 6.61 Å². The van der Waals surface area contributed by atoms with Crippen LogP contribution >= 0.6 is 11.6 Å². The summed E-state index contributed by atoms with van der Waals surface area (Å²) in [5, 5.41) is 8.86. The number of halogens is 3. The van der Waals surface area contributed by atoms with Gasteiger partial charge in [0.25, 0.3) is 0 Å². The summed E-state index contributed by atoms with van der Waals surface area (Å²) in [4.78, 5) is 16.0. The number of methoxy groups -OCH3 is 1. The Bertz CT molecular complexity index is 603. The van der Waals surface area contributed by atoms with E-state index >= 15 is 0 Å². The van der Waals surface area contributed by atoms with Gasteiger partial charge in [-0.3, -0.25) is 4.79 Å². The molecule has 1 aromatic carbocycles. The Morgan fingerprint density at radius 1 is 1.31 bits per heavy atom. The van der Waals surface area contributed by atoms with Crippen LogP contribution in [0.15, 0.2) is 23.2 Å². The lowest BCUT2D eigenvalue weighted by Crippen LogP contribution is -2.43. The highest BCUT2D eigenvalue weighted by Gasteiger charge is 2.11. The molecule has 0 aliphatic heterocycles. The van der Waals surface area contributed by atoms with Crippen LogP contribution in [0, 0.1) is 0 Å². The first-order chi connectivity index (χ1) is 12.5. The number of hydrogen-bond donors (Lipinski definition) is 3. The molecular formula is C16H23ClF2N4O3. The third kappa shape index (κ3) is 8.82. The van der Waals surface area contributed by atoms with Crippen LogP contribution < -0.4 is 20.7 Å². The minimum atomic E-state index is -2.94. The highest BCUT2D eigenvalue weighted by molar-refractivity contribution is 6.30. The maximum absolute atomic E-state index is 12.5. The first-order valence-electron chi connectivity index (χ1n) is 7.97. The van der Waals surface area contributed by atoms with Crippen LogP contribution in [0.1, 0.15) is 12.5 Å². The molecule has 0 aliphatic rings. The van der Waals surface area contributed by atoms with E-state index in [2.05, 4.69) is 25.7 Å². The predicted octanol–water partition coefficient (Wildman–Crippen LogP) is 1.76. The average molecular weight is 393 g/mol. The number of alkyl halides is 2. The maximum Gasteiger partial charge on any atom is 0.387 e. The van der Waals surface area contributed by atoms with E-state index in [1.54, 1.807) is 7.11 Å². The molecule has 146 valence electrons. The summed E-state index contributed by atoms with van der Waals surface area (Å²) in [5.74, 6) is 0.135. The molecule has 1 rings (SSSR count). The Kier molecular flexibility index (Phi) is 10.3. The lowest BCUT2D eigenvalue weighted by atomic mass is 10.2. The van der Waals surface area contributed by atoms with Crippen molar-refractivity contribution in [3.63, 3.8) is 0 Å². The Morgan fingerprint density at radius 3 is 2.73 bits per heavy atom. The van der Waals surface area contributed by atoms with Crippen molar-refractivity contribution >= 4 is 23.5 Å². The summed E-state index contributed by atoms with van der Waals surface area (Å²) < 4.78 is 34.3. The van der Waals surface area contributed by atoms with E-state index < -0.39 is 6.61 Å². The molecule has 10 heteroatoms. The normalized spacial score (nSPS) is 11.4. The Morgan fingerprint density at radius 2 is 2.08 bits per heavy atom. The molecule has 1 amide bonds. The molecule has 0 heterocycles. The van der Waals surface area contributed by atoms with Gasteiger partial charge < -0.3 is 25.4 Å². The van der Waals surface area contributed by atoms with Crippen molar-refractivity contribution in [2.24, 2.45) is 4.99 Å². The van der Waals surface area contributed by atoms with E-state index in [-0.39, 0.29) is 24.7 Å². The number of guanidine groups is 1. The zero-order valence-electron chi connectivity index (χ0n) is 14.7. The van der Waals surface area contributed by atoms with Crippen LogP contribution in [0.2, 0.25) is 5.02 Å². The largest absolute Gasteiger partial charge is 0.434 e. The van der Waals surface area contributed by atoms with E-state index in [1.807, 2.05) is 6.92 Å². The first kappa shape index (κ1) is 21.9. The van der Waals surface area contributed by atoms with Gasteiger partial charge in [-0.1, -0.05) is 11.6 Å². The second-order valence-electron chi connectivity index (χ2n) is 5.02. The van der Waals surface area contributed by atoms with E-state index in [9.17, 15) is 13.6 Å². The quantitative estimate of drug-likeness (QED) is 0.321. The molecule has 1 aromatic rings. The number of amides is 1. The number of benzene rings is 1. The Labute approximate surface area is 156 Å². The van der Waals surface area contributed by atoms with E-state index in [0.717, 1.165) is 0 Å². The van der Waals surface area contributed by atoms with Gasteiger partial charge in [0.15, 0.2) is 5.96 Å². The third-order valence-corrected chi connectivity index (χ3v) is 3.27. The van der Waals surface area contributed by atoms with Crippen LogP contribution in [0.5, 0.6) is 5.75 Å². The van der Waals surface area contributed by atoms with Gasteiger partial charge in [0.1, 0.15) is 5.75 Å². The van der Waals surface area contributed by atoms with Crippen LogP contribution in [0.3, 0.4) is 0 Å². The monoisotopic (exact) mass is 392 g/mol.